The van der Waals surface area contributed by atoms with Crippen LogP contribution in [-0.4, -0.2) is 43.9 Å². The number of nitrogens with one attached hydrogen (secondary N) is 2. The summed E-state index contributed by atoms with van der Waals surface area (Å²) >= 11 is 14.5. The molecule has 0 bridgehead atoms. The van der Waals surface area contributed by atoms with Gasteiger partial charge in [-0.05, 0) is 61.2 Å². The van der Waals surface area contributed by atoms with Gasteiger partial charge in [0.2, 0.25) is 0 Å². The molecule has 1 aliphatic rings. The highest BCUT2D eigenvalue weighted by atomic mass is 35.5. The van der Waals surface area contributed by atoms with E-state index < -0.39 is 0 Å². The fraction of sp³-hybridized carbons (Fsp3) is 0.333. The van der Waals surface area contributed by atoms with Crippen LogP contribution in [0.15, 0.2) is 51.7 Å². The van der Waals surface area contributed by atoms with Crippen LogP contribution in [0.25, 0.3) is 11.1 Å². The number of allylic oxidation sites excluding steroid dienone is 2. The van der Waals surface area contributed by atoms with E-state index in [0.717, 1.165) is 59.4 Å². The maximum Gasteiger partial charge on any atom is 0.129 e. The Labute approximate surface area is 192 Å². The number of nitrogens with two attached hydrogens (primary N) is 1. The highest BCUT2D eigenvalue weighted by Crippen LogP contribution is 2.38. The molecule has 1 fully saturated rings. The molecule has 0 saturated carbocycles. The Bertz CT molecular complexity index is 943. The Hall–Kier alpha value is -1.93. The van der Waals surface area contributed by atoms with E-state index in [1.54, 1.807) is 7.05 Å². The molecule has 0 atom stereocenters. The number of halogens is 2. The van der Waals surface area contributed by atoms with Gasteiger partial charge in [-0.15, -0.1) is 0 Å². The topological polar surface area (TPSA) is 78.6 Å². The van der Waals surface area contributed by atoms with E-state index in [0.29, 0.717) is 15.7 Å². The molecule has 1 aliphatic heterocycles. The number of nitrogens with zero attached hydrogens (tertiary/aromatic N) is 3. The zero-order valence-electron chi connectivity index (χ0n) is 17.3. The highest BCUT2D eigenvalue weighted by Gasteiger charge is 2.15. The molecule has 2 aromatic rings. The normalized spacial score (nSPS) is 15.8. The zero-order valence-corrected chi connectivity index (χ0v) is 19.6. The first-order chi connectivity index (χ1) is 14.4. The van der Waals surface area contributed by atoms with E-state index in [2.05, 4.69) is 31.0 Å². The molecule has 2 heterocycles. The van der Waals surface area contributed by atoms with Crippen LogP contribution in [0.2, 0.25) is 10.0 Å². The highest BCUT2D eigenvalue weighted by molar-refractivity contribution is 7.97. The lowest BCUT2D eigenvalue weighted by Gasteiger charge is -2.28. The van der Waals surface area contributed by atoms with Gasteiger partial charge in [0.1, 0.15) is 5.82 Å². The van der Waals surface area contributed by atoms with Crippen LogP contribution >= 0.6 is 35.1 Å². The lowest BCUT2D eigenvalue weighted by atomic mass is 10.1. The molecule has 3 rings (SSSR count). The van der Waals surface area contributed by atoms with Crippen molar-refractivity contribution in [3.8, 4) is 11.1 Å². The standard InChI is InChI=1S/C21H26Cl2N6S/c1-13(24)20(14(2)25-3)28-30-21-17(22)10-16(11-18(21)23)15-4-5-27-19(12-15)29-8-6-26-7-9-29/h4-5,10-12,26,28H,6-9,24H2,1-3H3. The molecule has 1 aromatic heterocycles. The Morgan fingerprint density at radius 1 is 1.17 bits per heavy atom. The Balaban J connectivity index is 1.84. The lowest BCUT2D eigenvalue weighted by molar-refractivity contribution is 0.585. The van der Waals surface area contributed by atoms with Gasteiger partial charge in [0, 0.05) is 45.1 Å². The van der Waals surface area contributed by atoms with Crippen LogP contribution in [0, 0.1) is 0 Å². The second-order valence-corrected chi connectivity index (χ2v) is 8.61. The number of aliphatic imine (C=N–C) groups is 1. The first kappa shape index (κ1) is 22.7. The van der Waals surface area contributed by atoms with E-state index in [-0.39, 0.29) is 0 Å². The largest absolute Gasteiger partial charge is 0.401 e. The summed E-state index contributed by atoms with van der Waals surface area (Å²) in [7, 11) is 1.72. The van der Waals surface area contributed by atoms with Crippen molar-refractivity contribution < 1.29 is 0 Å². The molecule has 1 saturated heterocycles. The van der Waals surface area contributed by atoms with Crippen molar-refractivity contribution in [3.63, 3.8) is 0 Å². The average molecular weight is 465 g/mol. The molecule has 0 radical (unpaired) electrons. The lowest BCUT2D eigenvalue weighted by Crippen LogP contribution is -2.43. The second-order valence-electron chi connectivity index (χ2n) is 6.98. The molecule has 0 unspecified atom stereocenters. The predicted molar refractivity (Wildman–Crippen MR) is 130 cm³/mol. The van der Waals surface area contributed by atoms with E-state index in [1.165, 1.54) is 11.9 Å². The van der Waals surface area contributed by atoms with Crippen molar-refractivity contribution >= 4 is 46.7 Å². The molecule has 30 heavy (non-hydrogen) atoms. The molecular weight excluding hydrogens is 439 g/mol. The Morgan fingerprint density at radius 2 is 1.83 bits per heavy atom. The van der Waals surface area contributed by atoms with Gasteiger partial charge in [-0.1, -0.05) is 23.2 Å². The van der Waals surface area contributed by atoms with Gasteiger partial charge in [-0.3, -0.25) is 4.99 Å². The van der Waals surface area contributed by atoms with E-state index in [9.17, 15) is 0 Å². The van der Waals surface area contributed by atoms with Gasteiger partial charge < -0.3 is 20.7 Å². The second kappa shape index (κ2) is 10.4. The summed E-state index contributed by atoms with van der Waals surface area (Å²) in [4.78, 5) is 11.7. The molecule has 1 aromatic carbocycles. The van der Waals surface area contributed by atoms with Gasteiger partial charge >= 0.3 is 0 Å². The van der Waals surface area contributed by atoms with Crippen LogP contribution in [0.5, 0.6) is 0 Å². The van der Waals surface area contributed by atoms with E-state index in [4.69, 9.17) is 28.9 Å². The molecular formula is C21H26Cl2N6S. The van der Waals surface area contributed by atoms with Gasteiger partial charge in [0.05, 0.1) is 26.3 Å². The van der Waals surface area contributed by atoms with Crippen LogP contribution in [-0.2, 0) is 0 Å². The number of pyridine rings is 1. The van der Waals surface area contributed by atoms with Crippen molar-refractivity contribution in [2.75, 3.05) is 38.1 Å². The van der Waals surface area contributed by atoms with Gasteiger partial charge in [0.15, 0.2) is 0 Å². The molecule has 4 N–H and O–H groups in total. The Morgan fingerprint density at radius 3 is 2.43 bits per heavy atom. The zero-order chi connectivity index (χ0) is 21.7. The first-order valence-corrected chi connectivity index (χ1v) is 11.2. The number of hydrogen-bond acceptors (Lipinski definition) is 7. The van der Waals surface area contributed by atoms with Crippen molar-refractivity contribution in [1.29, 1.82) is 0 Å². The van der Waals surface area contributed by atoms with Crippen molar-refractivity contribution in [3.05, 3.63) is 51.9 Å². The minimum Gasteiger partial charge on any atom is -0.401 e. The van der Waals surface area contributed by atoms with Crippen molar-refractivity contribution in [2.24, 2.45) is 10.7 Å². The molecule has 160 valence electrons. The number of hydrogen-bond donors (Lipinski definition) is 3. The predicted octanol–water partition coefficient (Wildman–Crippen LogP) is 4.34. The number of benzene rings is 1. The van der Waals surface area contributed by atoms with Crippen molar-refractivity contribution in [2.45, 2.75) is 18.7 Å². The summed E-state index contributed by atoms with van der Waals surface area (Å²) in [6.07, 6.45) is 1.83. The number of rotatable bonds is 6. The maximum absolute atomic E-state index is 6.59. The summed E-state index contributed by atoms with van der Waals surface area (Å²) in [5.41, 5.74) is 10.2. The summed E-state index contributed by atoms with van der Waals surface area (Å²) < 4.78 is 3.23. The number of anilines is 1. The van der Waals surface area contributed by atoms with Gasteiger partial charge in [0.25, 0.3) is 0 Å². The van der Waals surface area contributed by atoms with E-state index in [1.807, 2.05) is 38.2 Å². The third-order valence-electron chi connectivity index (χ3n) is 4.86. The van der Waals surface area contributed by atoms with Gasteiger partial charge in [-0.2, -0.15) is 0 Å². The third-order valence-corrected chi connectivity index (χ3v) is 6.64. The molecule has 9 heteroatoms. The monoisotopic (exact) mass is 464 g/mol. The minimum atomic E-state index is 0.565. The SMILES string of the molecule is CN=C(C)C(NSc1c(Cl)cc(-c2ccnc(N3CCNCC3)c2)cc1Cl)=C(C)N. The van der Waals surface area contributed by atoms with Crippen LogP contribution in [0.1, 0.15) is 13.8 Å². The summed E-state index contributed by atoms with van der Waals surface area (Å²) in [6, 6.07) is 7.90. The molecule has 6 nitrogen and oxygen atoms in total. The van der Waals surface area contributed by atoms with E-state index >= 15 is 0 Å². The smallest absolute Gasteiger partial charge is 0.129 e. The summed E-state index contributed by atoms with van der Waals surface area (Å²) in [5.74, 6) is 0.962. The van der Waals surface area contributed by atoms with Crippen LogP contribution in [0.3, 0.4) is 0 Å². The number of piperazine rings is 1. The molecule has 0 amide bonds. The summed E-state index contributed by atoms with van der Waals surface area (Å²) in [6.45, 7) is 7.52. The van der Waals surface area contributed by atoms with Crippen molar-refractivity contribution in [1.82, 2.24) is 15.0 Å². The molecule has 0 aliphatic carbocycles. The quantitative estimate of drug-likeness (QED) is 0.435. The number of aromatic nitrogens is 1. The Kier molecular flexibility index (Phi) is 7.88. The fourth-order valence-corrected chi connectivity index (χ4v) is 4.69. The van der Waals surface area contributed by atoms with Gasteiger partial charge in [-0.25, -0.2) is 4.98 Å². The fourth-order valence-electron chi connectivity index (χ4n) is 3.14. The van der Waals surface area contributed by atoms with Crippen LogP contribution < -0.4 is 20.7 Å². The molecule has 0 spiro atoms. The van der Waals surface area contributed by atoms with Crippen LogP contribution in [0.4, 0.5) is 5.82 Å². The third kappa shape index (κ3) is 5.40. The average Bonchev–Trinajstić information content (AvgIpc) is 2.75. The minimum absolute atomic E-state index is 0.565. The maximum atomic E-state index is 6.59. The summed E-state index contributed by atoms with van der Waals surface area (Å²) in [5, 5.41) is 4.49. The first-order valence-electron chi connectivity index (χ1n) is 9.64.